The molecule has 0 N–H and O–H groups in total. The predicted octanol–water partition coefficient (Wildman–Crippen LogP) is 3.44. The molecule has 2 aromatic heterocycles. The Labute approximate surface area is 121 Å². The molecule has 0 spiro atoms. The van der Waals surface area contributed by atoms with Crippen molar-refractivity contribution < 1.29 is 4.74 Å². The Balaban J connectivity index is 0.00000120. The summed E-state index contributed by atoms with van der Waals surface area (Å²) >= 11 is 3.53. The SMILES string of the molecule is Cc1ccc(-c2csc(N3CCOCC3)n2)s1.Cl. The zero-order valence-electron chi connectivity index (χ0n) is 10.1. The van der Waals surface area contributed by atoms with Crippen LogP contribution in [0, 0.1) is 6.92 Å². The van der Waals surface area contributed by atoms with E-state index < -0.39 is 0 Å². The molecule has 0 radical (unpaired) electrons. The topological polar surface area (TPSA) is 25.4 Å². The summed E-state index contributed by atoms with van der Waals surface area (Å²) in [7, 11) is 0. The fourth-order valence-electron chi connectivity index (χ4n) is 1.85. The molecule has 1 aliphatic rings. The Morgan fingerprint density at radius 2 is 2.06 bits per heavy atom. The third-order valence-electron chi connectivity index (χ3n) is 2.77. The molecule has 0 bridgehead atoms. The van der Waals surface area contributed by atoms with Crippen molar-refractivity contribution in [1.82, 2.24) is 4.98 Å². The molecule has 98 valence electrons. The van der Waals surface area contributed by atoms with Crippen LogP contribution in [0.4, 0.5) is 5.13 Å². The molecule has 3 heterocycles. The lowest BCUT2D eigenvalue weighted by Crippen LogP contribution is -2.36. The second-order valence-electron chi connectivity index (χ2n) is 4.03. The third kappa shape index (κ3) is 2.85. The van der Waals surface area contributed by atoms with Gasteiger partial charge in [0, 0.05) is 23.3 Å². The van der Waals surface area contributed by atoms with Crippen LogP contribution in [0.1, 0.15) is 4.88 Å². The van der Waals surface area contributed by atoms with Gasteiger partial charge in [-0.3, -0.25) is 0 Å². The molecule has 3 rings (SSSR count). The number of ether oxygens (including phenoxy) is 1. The molecule has 0 amide bonds. The monoisotopic (exact) mass is 302 g/mol. The second-order valence-corrected chi connectivity index (χ2v) is 6.15. The molecular weight excluding hydrogens is 288 g/mol. The minimum atomic E-state index is 0. The van der Waals surface area contributed by atoms with E-state index >= 15 is 0 Å². The Bertz CT molecular complexity index is 506. The van der Waals surface area contributed by atoms with Crippen LogP contribution in [0.2, 0.25) is 0 Å². The summed E-state index contributed by atoms with van der Waals surface area (Å²) in [6.07, 6.45) is 0. The van der Waals surface area contributed by atoms with E-state index in [1.807, 2.05) is 0 Å². The van der Waals surface area contributed by atoms with Crippen LogP contribution < -0.4 is 4.90 Å². The van der Waals surface area contributed by atoms with Gasteiger partial charge in [-0.2, -0.15) is 0 Å². The summed E-state index contributed by atoms with van der Waals surface area (Å²) < 4.78 is 5.35. The van der Waals surface area contributed by atoms with Gasteiger partial charge < -0.3 is 9.64 Å². The molecule has 0 unspecified atom stereocenters. The highest BCUT2D eigenvalue weighted by Crippen LogP contribution is 2.31. The lowest BCUT2D eigenvalue weighted by atomic mass is 10.4. The van der Waals surface area contributed by atoms with Crippen molar-refractivity contribution in [2.75, 3.05) is 31.2 Å². The molecule has 1 aliphatic heterocycles. The molecule has 0 saturated carbocycles. The van der Waals surface area contributed by atoms with Gasteiger partial charge in [0.05, 0.1) is 23.8 Å². The number of aryl methyl sites for hydroxylation is 1. The Morgan fingerprint density at radius 1 is 1.28 bits per heavy atom. The van der Waals surface area contributed by atoms with Crippen molar-refractivity contribution in [2.45, 2.75) is 6.92 Å². The van der Waals surface area contributed by atoms with Crippen LogP contribution in [0.25, 0.3) is 10.6 Å². The third-order valence-corrected chi connectivity index (χ3v) is 4.69. The van der Waals surface area contributed by atoms with Crippen molar-refractivity contribution in [3.63, 3.8) is 0 Å². The number of thiazole rings is 1. The van der Waals surface area contributed by atoms with Crippen LogP contribution in [0.15, 0.2) is 17.5 Å². The van der Waals surface area contributed by atoms with Crippen molar-refractivity contribution >= 4 is 40.2 Å². The largest absolute Gasteiger partial charge is 0.378 e. The molecule has 1 saturated heterocycles. The van der Waals surface area contributed by atoms with E-state index in [4.69, 9.17) is 9.72 Å². The summed E-state index contributed by atoms with van der Waals surface area (Å²) in [6.45, 7) is 5.66. The maximum atomic E-state index is 5.35. The molecular formula is C12H15ClN2OS2. The fraction of sp³-hybridized carbons (Fsp3) is 0.417. The zero-order chi connectivity index (χ0) is 11.7. The van der Waals surface area contributed by atoms with E-state index in [0.717, 1.165) is 37.1 Å². The molecule has 18 heavy (non-hydrogen) atoms. The summed E-state index contributed by atoms with van der Waals surface area (Å²) in [4.78, 5) is 9.62. The smallest absolute Gasteiger partial charge is 0.186 e. The van der Waals surface area contributed by atoms with Crippen LogP contribution in [0.5, 0.6) is 0 Å². The maximum absolute atomic E-state index is 5.35. The Kier molecular flexibility index (Phi) is 4.61. The van der Waals surface area contributed by atoms with Gasteiger partial charge in [0.1, 0.15) is 0 Å². The summed E-state index contributed by atoms with van der Waals surface area (Å²) in [5, 5.41) is 3.27. The molecule has 3 nitrogen and oxygen atoms in total. The first kappa shape index (κ1) is 13.8. The number of nitrogens with zero attached hydrogens (tertiary/aromatic N) is 2. The average Bonchev–Trinajstić information content (AvgIpc) is 2.98. The Hall–Kier alpha value is -0.620. The first-order valence-corrected chi connectivity index (χ1v) is 7.37. The number of hydrogen-bond acceptors (Lipinski definition) is 5. The number of morpholine rings is 1. The van der Waals surface area contributed by atoms with Gasteiger partial charge in [-0.15, -0.1) is 35.1 Å². The van der Waals surface area contributed by atoms with Crippen molar-refractivity contribution in [3.05, 3.63) is 22.4 Å². The first-order chi connectivity index (χ1) is 8.33. The van der Waals surface area contributed by atoms with E-state index in [1.54, 1.807) is 22.7 Å². The highest BCUT2D eigenvalue weighted by atomic mass is 35.5. The van der Waals surface area contributed by atoms with Gasteiger partial charge in [-0.05, 0) is 19.1 Å². The van der Waals surface area contributed by atoms with E-state index in [2.05, 4.69) is 29.3 Å². The van der Waals surface area contributed by atoms with Crippen LogP contribution in [0.3, 0.4) is 0 Å². The second kappa shape index (κ2) is 6.02. The molecule has 0 aliphatic carbocycles. The van der Waals surface area contributed by atoms with E-state index in [9.17, 15) is 0 Å². The highest BCUT2D eigenvalue weighted by Gasteiger charge is 2.15. The molecule has 1 fully saturated rings. The molecule has 2 aromatic rings. The normalized spacial score (nSPS) is 15.5. The number of thiophene rings is 1. The standard InChI is InChI=1S/C12H14N2OS2.ClH/c1-9-2-3-11(17-9)10-8-16-12(13-10)14-4-6-15-7-5-14;/h2-3,8H,4-7H2,1H3;1H. The minimum absolute atomic E-state index is 0. The van der Waals surface area contributed by atoms with Crippen LogP contribution in [-0.2, 0) is 4.74 Å². The van der Waals surface area contributed by atoms with Gasteiger partial charge in [0.25, 0.3) is 0 Å². The molecule has 6 heteroatoms. The highest BCUT2D eigenvalue weighted by molar-refractivity contribution is 7.17. The number of halogens is 1. The fourth-order valence-corrected chi connectivity index (χ4v) is 3.63. The minimum Gasteiger partial charge on any atom is -0.378 e. The quantitative estimate of drug-likeness (QED) is 0.850. The van der Waals surface area contributed by atoms with Crippen molar-refractivity contribution in [3.8, 4) is 10.6 Å². The van der Waals surface area contributed by atoms with Gasteiger partial charge in [0.2, 0.25) is 0 Å². The van der Waals surface area contributed by atoms with Gasteiger partial charge in [-0.1, -0.05) is 0 Å². The van der Waals surface area contributed by atoms with Gasteiger partial charge in [-0.25, -0.2) is 4.98 Å². The Morgan fingerprint density at radius 3 is 2.72 bits per heavy atom. The number of hydrogen-bond donors (Lipinski definition) is 0. The summed E-state index contributed by atoms with van der Waals surface area (Å²) in [5.74, 6) is 0. The number of aromatic nitrogens is 1. The van der Waals surface area contributed by atoms with Gasteiger partial charge in [0.15, 0.2) is 5.13 Å². The summed E-state index contributed by atoms with van der Waals surface area (Å²) in [6, 6.07) is 4.30. The number of anilines is 1. The van der Waals surface area contributed by atoms with E-state index in [-0.39, 0.29) is 12.4 Å². The predicted molar refractivity (Wildman–Crippen MR) is 80.4 cm³/mol. The first-order valence-electron chi connectivity index (χ1n) is 5.68. The maximum Gasteiger partial charge on any atom is 0.186 e. The van der Waals surface area contributed by atoms with Crippen molar-refractivity contribution in [2.24, 2.45) is 0 Å². The van der Waals surface area contributed by atoms with Gasteiger partial charge >= 0.3 is 0 Å². The molecule has 0 aromatic carbocycles. The molecule has 0 atom stereocenters. The average molecular weight is 303 g/mol. The van der Waals surface area contributed by atoms with Crippen LogP contribution in [-0.4, -0.2) is 31.3 Å². The lowest BCUT2D eigenvalue weighted by Gasteiger charge is -2.25. The number of rotatable bonds is 2. The lowest BCUT2D eigenvalue weighted by molar-refractivity contribution is 0.122. The summed E-state index contributed by atoms with van der Waals surface area (Å²) in [5.41, 5.74) is 1.11. The van der Waals surface area contributed by atoms with E-state index in [1.165, 1.54) is 9.75 Å². The van der Waals surface area contributed by atoms with Crippen molar-refractivity contribution in [1.29, 1.82) is 0 Å². The van der Waals surface area contributed by atoms with Crippen LogP contribution >= 0.6 is 35.1 Å². The van der Waals surface area contributed by atoms with E-state index in [0.29, 0.717) is 0 Å². The zero-order valence-corrected chi connectivity index (χ0v) is 12.5.